The maximum atomic E-state index is 13.0. The molecule has 0 radical (unpaired) electrons. The maximum absolute atomic E-state index is 13.0. The van der Waals surface area contributed by atoms with Crippen LogP contribution in [0.25, 0.3) is 0 Å². The number of hydrogen-bond acceptors (Lipinski definition) is 5. The zero-order chi connectivity index (χ0) is 20.2. The molecule has 1 unspecified atom stereocenters. The fourth-order valence-electron chi connectivity index (χ4n) is 3.18. The van der Waals surface area contributed by atoms with E-state index in [1.165, 1.54) is 7.11 Å². The van der Waals surface area contributed by atoms with E-state index in [9.17, 15) is 19.8 Å². The molecule has 5 heteroatoms. The molecular formula is C21H31O5-. The van der Waals surface area contributed by atoms with Crippen molar-refractivity contribution in [2.75, 3.05) is 7.11 Å². The van der Waals surface area contributed by atoms with Gasteiger partial charge >= 0.3 is 0 Å². The van der Waals surface area contributed by atoms with Crippen LogP contribution in [0.5, 0.6) is 0 Å². The number of carbonyl (C=O) groups is 2. The molecule has 0 saturated heterocycles. The Kier molecular flexibility index (Phi) is 7.54. The fraction of sp³-hybridized carbons (Fsp3) is 0.619. The predicted octanol–water partition coefficient (Wildman–Crippen LogP) is 2.48. The van der Waals surface area contributed by atoms with E-state index in [-0.39, 0.29) is 12.8 Å². The number of carbonyl (C=O) groups excluding carboxylic acids is 2. The number of ether oxygens (including phenoxy) is 1. The van der Waals surface area contributed by atoms with Gasteiger partial charge in [-0.2, -0.15) is 0 Å². The van der Waals surface area contributed by atoms with Gasteiger partial charge in [0, 0.05) is 13.0 Å². The lowest BCUT2D eigenvalue weighted by atomic mass is 9.80. The topological polar surface area (TPSA) is 86.7 Å². The van der Waals surface area contributed by atoms with Crippen LogP contribution in [-0.4, -0.2) is 35.5 Å². The van der Waals surface area contributed by atoms with Gasteiger partial charge in [0.1, 0.15) is 5.60 Å². The molecule has 0 aromatic rings. The zero-order valence-electron chi connectivity index (χ0n) is 16.9. The molecule has 1 N–H and O–H groups in total. The summed E-state index contributed by atoms with van der Waals surface area (Å²) < 4.78 is 5.42. The van der Waals surface area contributed by atoms with Crippen molar-refractivity contribution in [2.24, 2.45) is 11.8 Å². The molecule has 3 atom stereocenters. The molecule has 0 bridgehead atoms. The van der Waals surface area contributed by atoms with Crippen LogP contribution in [-0.2, 0) is 14.3 Å². The van der Waals surface area contributed by atoms with Gasteiger partial charge in [-0.3, -0.25) is 9.59 Å². The number of aliphatic hydroxyl groups is 1. The summed E-state index contributed by atoms with van der Waals surface area (Å²) in [5.74, 6) is -3.41. The first-order valence-corrected chi connectivity index (χ1v) is 9.00. The average molecular weight is 363 g/mol. The molecule has 0 amide bonds. The minimum absolute atomic E-state index is 0.187. The maximum Gasteiger partial charge on any atom is 0.172 e. The molecule has 1 aliphatic rings. The van der Waals surface area contributed by atoms with Crippen molar-refractivity contribution < 1.29 is 24.5 Å². The van der Waals surface area contributed by atoms with E-state index in [1.807, 2.05) is 33.8 Å². The quantitative estimate of drug-likeness (QED) is 0.529. The third kappa shape index (κ3) is 4.33. The van der Waals surface area contributed by atoms with Gasteiger partial charge in [0.15, 0.2) is 11.6 Å². The summed E-state index contributed by atoms with van der Waals surface area (Å²) in [6, 6.07) is 0. The summed E-state index contributed by atoms with van der Waals surface area (Å²) in [7, 11) is 1.40. The zero-order valence-corrected chi connectivity index (χ0v) is 16.9. The summed E-state index contributed by atoms with van der Waals surface area (Å²) in [5.41, 5.74) is -0.456. The number of hydrogen-bond donors (Lipinski definition) is 1. The Hall–Kier alpha value is -1.72. The van der Waals surface area contributed by atoms with Crippen LogP contribution in [0.1, 0.15) is 54.4 Å². The lowest BCUT2D eigenvalue weighted by Crippen LogP contribution is -2.52. The second-order valence-electron chi connectivity index (χ2n) is 7.72. The van der Waals surface area contributed by atoms with Crippen molar-refractivity contribution in [2.45, 2.75) is 66.1 Å². The molecule has 0 saturated carbocycles. The Bertz CT molecular complexity index is 645. The Balaban J connectivity index is 3.50. The van der Waals surface area contributed by atoms with Crippen molar-refractivity contribution in [1.29, 1.82) is 0 Å². The first kappa shape index (κ1) is 22.3. The molecule has 0 aromatic carbocycles. The summed E-state index contributed by atoms with van der Waals surface area (Å²) >= 11 is 0. The highest BCUT2D eigenvalue weighted by atomic mass is 16.5. The van der Waals surface area contributed by atoms with E-state index in [1.54, 1.807) is 19.9 Å². The molecule has 0 spiro atoms. The summed E-state index contributed by atoms with van der Waals surface area (Å²) in [4.78, 5) is 25.4. The van der Waals surface area contributed by atoms with Crippen molar-refractivity contribution in [3.8, 4) is 0 Å². The van der Waals surface area contributed by atoms with Crippen LogP contribution in [0.15, 0.2) is 34.6 Å². The predicted molar refractivity (Wildman–Crippen MR) is 99.2 cm³/mol. The Labute approximate surface area is 156 Å². The average Bonchev–Trinajstić information content (AvgIpc) is 2.72. The summed E-state index contributed by atoms with van der Waals surface area (Å²) in [6.45, 7) is 10.8. The van der Waals surface area contributed by atoms with Gasteiger partial charge in [0.2, 0.25) is 0 Å². The molecule has 5 nitrogen and oxygen atoms in total. The van der Waals surface area contributed by atoms with Gasteiger partial charge in [-0.25, -0.2) is 0 Å². The molecule has 146 valence electrons. The summed E-state index contributed by atoms with van der Waals surface area (Å²) in [6.07, 6.45) is 3.22. The molecular weight excluding hydrogens is 332 g/mol. The molecule has 0 heterocycles. The molecule has 1 aliphatic carbocycles. The smallest absolute Gasteiger partial charge is 0.172 e. The number of rotatable bonds is 8. The number of Topliss-reactive ketones (excluding diaryl/α,β-unsaturated/α-hetero) is 2. The van der Waals surface area contributed by atoms with Crippen LogP contribution >= 0.6 is 0 Å². The molecule has 0 fully saturated rings. The second kappa shape index (κ2) is 8.78. The molecule has 1 rings (SSSR count). The molecule has 0 aromatic heterocycles. The van der Waals surface area contributed by atoms with E-state index in [0.29, 0.717) is 0 Å². The third-order valence-electron chi connectivity index (χ3n) is 4.73. The van der Waals surface area contributed by atoms with Gasteiger partial charge in [0.05, 0.1) is 17.6 Å². The molecule has 0 aliphatic heterocycles. The fourth-order valence-corrected chi connectivity index (χ4v) is 3.18. The highest BCUT2D eigenvalue weighted by Crippen LogP contribution is 2.43. The van der Waals surface area contributed by atoms with Crippen LogP contribution in [0.4, 0.5) is 0 Å². The van der Waals surface area contributed by atoms with Crippen LogP contribution < -0.4 is 5.11 Å². The highest BCUT2D eigenvalue weighted by molar-refractivity contribution is 6.24. The van der Waals surface area contributed by atoms with Crippen LogP contribution in [0.2, 0.25) is 0 Å². The third-order valence-corrected chi connectivity index (χ3v) is 4.73. The number of ketones is 2. The Morgan fingerprint density at radius 2 is 1.77 bits per heavy atom. The Morgan fingerprint density at radius 3 is 2.19 bits per heavy atom. The van der Waals surface area contributed by atoms with E-state index in [2.05, 4.69) is 0 Å². The van der Waals surface area contributed by atoms with Gasteiger partial charge in [0.25, 0.3) is 0 Å². The normalized spacial score (nSPS) is 24.0. The van der Waals surface area contributed by atoms with Gasteiger partial charge in [-0.05, 0) is 40.5 Å². The number of allylic oxidation sites excluding steroid dienone is 4. The minimum atomic E-state index is -2.04. The first-order valence-electron chi connectivity index (χ1n) is 9.00. The van der Waals surface area contributed by atoms with Gasteiger partial charge < -0.3 is 14.9 Å². The highest BCUT2D eigenvalue weighted by Gasteiger charge is 2.54. The van der Waals surface area contributed by atoms with E-state index < -0.39 is 46.4 Å². The van der Waals surface area contributed by atoms with Crippen LogP contribution in [0, 0.1) is 11.8 Å². The van der Waals surface area contributed by atoms with Crippen molar-refractivity contribution in [3.05, 3.63) is 34.6 Å². The van der Waals surface area contributed by atoms with E-state index >= 15 is 0 Å². The standard InChI is InChI=1S/C21H32O5/c1-12(2)8-10-15-19(23)17(18(22)14(5)6)20(24)21(15,25)16(26-7)11-9-13(3)4/h8-9,14-16,24-25H,10-11H2,1-7H3/p-1/t15-,16?,21-/m1/s1. The van der Waals surface area contributed by atoms with Crippen LogP contribution in [0.3, 0.4) is 0 Å². The second-order valence-corrected chi connectivity index (χ2v) is 7.72. The van der Waals surface area contributed by atoms with Crippen molar-refractivity contribution >= 4 is 11.6 Å². The largest absolute Gasteiger partial charge is 0.873 e. The van der Waals surface area contributed by atoms with Gasteiger partial charge in [-0.15, -0.1) is 0 Å². The van der Waals surface area contributed by atoms with Crippen molar-refractivity contribution in [3.63, 3.8) is 0 Å². The first-order chi connectivity index (χ1) is 12.0. The van der Waals surface area contributed by atoms with E-state index in [4.69, 9.17) is 4.74 Å². The monoisotopic (exact) mass is 363 g/mol. The Morgan fingerprint density at radius 1 is 1.23 bits per heavy atom. The van der Waals surface area contributed by atoms with E-state index in [0.717, 1.165) is 11.1 Å². The number of methoxy groups -OCH3 is 1. The minimum Gasteiger partial charge on any atom is -0.873 e. The lowest BCUT2D eigenvalue weighted by molar-refractivity contribution is -0.344. The van der Waals surface area contributed by atoms with Crippen molar-refractivity contribution in [1.82, 2.24) is 0 Å². The lowest BCUT2D eigenvalue weighted by Gasteiger charge is -2.40. The SMILES string of the molecule is COC(CC=C(C)C)[C@@]1(O)C([O-])=C(C(=O)C(C)C)C(=O)[C@H]1CC=C(C)C. The molecule has 26 heavy (non-hydrogen) atoms. The summed E-state index contributed by atoms with van der Waals surface area (Å²) in [5, 5.41) is 24.4. The van der Waals surface area contributed by atoms with Gasteiger partial charge in [-0.1, -0.05) is 42.9 Å².